The Kier molecular flexibility index (Phi) is 5.16. The van der Waals surface area contributed by atoms with Crippen LogP contribution in [0, 0.1) is 0 Å². The lowest BCUT2D eigenvalue weighted by Gasteiger charge is -2.27. The molecule has 0 bridgehead atoms. The van der Waals surface area contributed by atoms with Crippen LogP contribution in [0.1, 0.15) is 24.8 Å². The number of benzene rings is 1. The van der Waals surface area contributed by atoms with E-state index in [2.05, 4.69) is 33.1 Å². The van der Waals surface area contributed by atoms with E-state index in [1.54, 1.807) is 25.2 Å². The molecule has 1 saturated heterocycles. The SMILES string of the molecule is COc1cccc(CSc2cc(N3CCCCC3)ncn2)c1. The summed E-state index contributed by atoms with van der Waals surface area (Å²) in [4.78, 5) is 11.2. The number of nitrogens with zero attached hydrogens (tertiary/aromatic N) is 3. The van der Waals surface area contributed by atoms with Crippen LogP contribution >= 0.6 is 11.8 Å². The van der Waals surface area contributed by atoms with Gasteiger partial charge in [-0.15, -0.1) is 11.8 Å². The Bertz CT molecular complexity index is 614. The van der Waals surface area contributed by atoms with Gasteiger partial charge in [0.05, 0.1) is 7.11 Å². The van der Waals surface area contributed by atoms with E-state index in [9.17, 15) is 0 Å². The molecule has 2 aromatic rings. The van der Waals surface area contributed by atoms with Gasteiger partial charge in [0.1, 0.15) is 22.9 Å². The van der Waals surface area contributed by atoms with Gasteiger partial charge in [0.15, 0.2) is 0 Å². The summed E-state index contributed by atoms with van der Waals surface area (Å²) in [7, 11) is 1.70. The molecule has 0 saturated carbocycles. The van der Waals surface area contributed by atoms with Crippen LogP contribution < -0.4 is 9.64 Å². The van der Waals surface area contributed by atoms with Crippen LogP contribution in [0.4, 0.5) is 5.82 Å². The van der Waals surface area contributed by atoms with Crippen molar-refractivity contribution in [3.63, 3.8) is 0 Å². The van der Waals surface area contributed by atoms with Crippen molar-refractivity contribution in [2.75, 3.05) is 25.1 Å². The van der Waals surface area contributed by atoms with E-state index < -0.39 is 0 Å². The highest BCUT2D eigenvalue weighted by molar-refractivity contribution is 7.98. The molecule has 116 valence electrons. The lowest BCUT2D eigenvalue weighted by atomic mass is 10.1. The lowest BCUT2D eigenvalue weighted by molar-refractivity contribution is 0.414. The van der Waals surface area contributed by atoms with E-state index >= 15 is 0 Å². The Morgan fingerprint density at radius 1 is 1.14 bits per heavy atom. The van der Waals surface area contributed by atoms with Crippen LogP contribution in [0.3, 0.4) is 0 Å². The Morgan fingerprint density at radius 2 is 2.00 bits per heavy atom. The van der Waals surface area contributed by atoms with Gasteiger partial charge in [0.2, 0.25) is 0 Å². The van der Waals surface area contributed by atoms with Gasteiger partial charge in [-0.2, -0.15) is 0 Å². The molecule has 1 fully saturated rings. The maximum atomic E-state index is 5.26. The third kappa shape index (κ3) is 3.91. The predicted octanol–water partition coefficient (Wildman–Crippen LogP) is 3.77. The Balaban J connectivity index is 1.64. The first kappa shape index (κ1) is 15.2. The number of piperidine rings is 1. The molecule has 0 radical (unpaired) electrons. The van der Waals surface area contributed by atoms with Crippen molar-refractivity contribution in [2.24, 2.45) is 0 Å². The topological polar surface area (TPSA) is 38.2 Å². The fraction of sp³-hybridized carbons (Fsp3) is 0.412. The molecule has 5 heteroatoms. The van der Waals surface area contributed by atoms with Crippen molar-refractivity contribution in [1.29, 1.82) is 0 Å². The summed E-state index contributed by atoms with van der Waals surface area (Å²) in [6.07, 6.45) is 5.53. The summed E-state index contributed by atoms with van der Waals surface area (Å²) in [6, 6.07) is 10.3. The molecular weight excluding hydrogens is 294 g/mol. The number of rotatable bonds is 5. The van der Waals surface area contributed by atoms with Gasteiger partial charge >= 0.3 is 0 Å². The Hall–Kier alpha value is -1.75. The zero-order valence-electron chi connectivity index (χ0n) is 12.9. The fourth-order valence-corrected chi connectivity index (χ4v) is 3.43. The zero-order valence-corrected chi connectivity index (χ0v) is 13.7. The molecule has 22 heavy (non-hydrogen) atoms. The minimum Gasteiger partial charge on any atom is -0.497 e. The van der Waals surface area contributed by atoms with Crippen molar-refractivity contribution < 1.29 is 4.74 Å². The van der Waals surface area contributed by atoms with Crippen molar-refractivity contribution in [2.45, 2.75) is 30.0 Å². The molecule has 0 N–H and O–H groups in total. The summed E-state index contributed by atoms with van der Waals surface area (Å²) in [5.74, 6) is 2.84. The van der Waals surface area contributed by atoms with Crippen LogP contribution in [-0.2, 0) is 5.75 Å². The number of anilines is 1. The first-order chi connectivity index (χ1) is 10.8. The summed E-state index contributed by atoms with van der Waals surface area (Å²) in [6.45, 7) is 2.22. The molecule has 2 heterocycles. The van der Waals surface area contributed by atoms with E-state index in [1.165, 1.54) is 24.8 Å². The normalized spacial score (nSPS) is 14.9. The van der Waals surface area contributed by atoms with Gasteiger partial charge in [-0.05, 0) is 37.0 Å². The molecule has 0 atom stereocenters. The fourth-order valence-electron chi connectivity index (χ4n) is 2.62. The number of thioether (sulfide) groups is 1. The standard InChI is InChI=1S/C17H21N3OS/c1-21-15-7-5-6-14(10-15)12-22-17-11-16(18-13-19-17)20-8-3-2-4-9-20/h5-7,10-11,13H,2-4,8-9,12H2,1H3. The Morgan fingerprint density at radius 3 is 2.82 bits per heavy atom. The average molecular weight is 315 g/mol. The highest BCUT2D eigenvalue weighted by atomic mass is 32.2. The van der Waals surface area contributed by atoms with E-state index in [0.29, 0.717) is 0 Å². The molecular formula is C17H21N3OS. The van der Waals surface area contributed by atoms with Gasteiger partial charge in [0, 0.05) is 24.9 Å². The smallest absolute Gasteiger partial charge is 0.133 e. The molecule has 0 amide bonds. The summed E-state index contributed by atoms with van der Waals surface area (Å²) < 4.78 is 5.26. The van der Waals surface area contributed by atoms with Gasteiger partial charge in [-0.3, -0.25) is 0 Å². The number of ether oxygens (including phenoxy) is 1. The van der Waals surface area contributed by atoms with Crippen LogP contribution in [-0.4, -0.2) is 30.2 Å². The Labute approximate surface area is 135 Å². The molecule has 0 unspecified atom stereocenters. The van der Waals surface area contributed by atoms with Crippen LogP contribution in [0.25, 0.3) is 0 Å². The number of aromatic nitrogens is 2. The summed E-state index contributed by atoms with van der Waals surface area (Å²) in [5, 5.41) is 1.03. The third-order valence-electron chi connectivity index (χ3n) is 3.83. The second-order valence-corrected chi connectivity index (χ2v) is 6.40. The average Bonchev–Trinajstić information content (AvgIpc) is 2.61. The van der Waals surface area contributed by atoms with Crippen molar-refractivity contribution in [3.8, 4) is 5.75 Å². The van der Waals surface area contributed by atoms with Crippen LogP contribution in [0.5, 0.6) is 5.75 Å². The molecule has 1 aromatic heterocycles. The molecule has 1 aliphatic rings. The highest BCUT2D eigenvalue weighted by Gasteiger charge is 2.12. The maximum Gasteiger partial charge on any atom is 0.133 e. The molecule has 0 aliphatic carbocycles. The summed E-state index contributed by atoms with van der Waals surface area (Å²) in [5.41, 5.74) is 1.24. The van der Waals surface area contributed by atoms with Gasteiger partial charge in [0.25, 0.3) is 0 Å². The maximum absolute atomic E-state index is 5.26. The molecule has 1 aliphatic heterocycles. The molecule has 1 aromatic carbocycles. The number of hydrogen-bond acceptors (Lipinski definition) is 5. The minimum atomic E-state index is 0.883. The third-order valence-corrected chi connectivity index (χ3v) is 4.83. The molecule has 3 rings (SSSR count). The predicted molar refractivity (Wildman–Crippen MR) is 90.7 cm³/mol. The lowest BCUT2D eigenvalue weighted by Crippen LogP contribution is -2.30. The van der Waals surface area contributed by atoms with E-state index in [1.807, 2.05) is 12.1 Å². The van der Waals surface area contributed by atoms with Gasteiger partial charge < -0.3 is 9.64 Å². The minimum absolute atomic E-state index is 0.883. The van der Waals surface area contributed by atoms with E-state index in [-0.39, 0.29) is 0 Å². The van der Waals surface area contributed by atoms with Crippen molar-refractivity contribution >= 4 is 17.6 Å². The quantitative estimate of drug-likeness (QED) is 0.620. The largest absolute Gasteiger partial charge is 0.497 e. The van der Waals surface area contributed by atoms with E-state index in [4.69, 9.17) is 4.74 Å². The van der Waals surface area contributed by atoms with Crippen molar-refractivity contribution in [3.05, 3.63) is 42.2 Å². The first-order valence-electron chi connectivity index (χ1n) is 7.68. The van der Waals surface area contributed by atoms with Gasteiger partial charge in [-0.25, -0.2) is 9.97 Å². The van der Waals surface area contributed by atoms with Crippen molar-refractivity contribution in [1.82, 2.24) is 9.97 Å². The molecule has 4 nitrogen and oxygen atoms in total. The van der Waals surface area contributed by atoms with Gasteiger partial charge in [-0.1, -0.05) is 12.1 Å². The molecule has 0 spiro atoms. The highest BCUT2D eigenvalue weighted by Crippen LogP contribution is 2.26. The monoisotopic (exact) mass is 315 g/mol. The second-order valence-electron chi connectivity index (χ2n) is 5.40. The van der Waals surface area contributed by atoms with Crippen LogP contribution in [0.15, 0.2) is 41.7 Å². The zero-order chi connectivity index (χ0) is 15.2. The second kappa shape index (κ2) is 7.49. The first-order valence-corrected chi connectivity index (χ1v) is 8.66. The summed E-state index contributed by atoms with van der Waals surface area (Å²) >= 11 is 1.74. The number of methoxy groups -OCH3 is 1. The number of hydrogen-bond donors (Lipinski definition) is 0. The van der Waals surface area contributed by atoms with Crippen LogP contribution in [0.2, 0.25) is 0 Å². The van der Waals surface area contributed by atoms with E-state index in [0.717, 1.165) is 35.4 Å².